The van der Waals surface area contributed by atoms with E-state index in [1.54, 1.807) is 0 Å². The molecule has 0 fully saturated rings. The number of nitro benzene ring substituents is 1. The molecule has 0 saturated heterocycles. The van der Waals surface area contributed by atoms with Crippen molar-refractivity contribution in [2.75, 3.05) is 12.4 Å². The Morgan fingerprint density at radius 2 is 1.91 bits per heavy atom. The highest BCUT2D eigenvalue weighted by molar-refractivity contribution is 6.03. The number of nitrogens with zero attached hydrogens (tertiary/aromatic N) is 2. The van der Waals surface area contributed by atoms with Crippen molar-refractivity contribution in [1.82, 2.24) is 0 Å². The van der Waals surface area contributed by atoms with E-state index >= 15 is 0 Å². The average molecular weight is 307 g/mol. The number of furan rings is 1. The number of carbonyl (C=O) groups is 1. The van der Waals surface area contributed by atoms with Gasteiger partial charge in [0.2, 0.25) is 0 Å². The molecule has 0 unspecified atom stereocenters. The Morgan fingerprint density at radius 1 is 1.18 bits per heavy atom. The van der Waals surface area contributed by atoms with Gasteiger partial charge < -0.3 is 14.5 Å². The lowest BCUT2D eigenvalue weighted by atomic mass is 10.2. The van der Waals surface area contributed by atoms with E-state index in [4.69, 9.17) is 9.15 Å². The van der Waals surface area contributed by atoms with Crippen molar-refractivity contribution in [3.63, 3.8) is 0 Å². The third-order valence-corrected chi connectivity index (χ3v) is 2.64. The molecule has 2 rings (SSSR count). The van der Waals surface area contributed by atoms with Crippen molar-refractivity contribution in [1.29, 1.82) is 0 Å². The lowest BCUT2D eigenvalue weighted by Gasteiger charge is -2.08. The van der Waals surface area contributed by atoms with E-state index in [1.807, 2.05) is 0 Å². The van der Waals surface area contributed by atoms with Crippen LogP contribution in [-0.2, 0) is 0 Å². The molecule has 0 aliphatic rings. The van der Waals surface area contributed by atoms with Gasteiger partial charge in [-0.05, 0) is 12.1 Å². The molecule has 0 aliphatic heterocycles. The first kappa shape index (κ1) is 15.0. The van der Waals surface area contributed by atoms with Gasteiger partial charge in [-0.25, -0.2) is 0 Å². The van der Waals surface area contributed by atoms with Gasteiger partial charge in [0.25, 0.3) is 11.6 Å². The van der Waals surface area contributed by atoms with Crippen molar-refractivity contribution < 1.29 is 23.8 Å². The van der Waals surface area contributed by atoms with Gasteiger partial charge in [-0.3, -0.25) is 25.0 Å². The van der Waals surface area contributed by atoms with Crippen LogP contribution in [0.3, 0.4) is 0 Å². The van der Waals surface area contributed by atoms with E-state index in [1.165, 1.54) is 19.2 Å². The molecule has 22 heavy (non-hydrogen) atoms. The summed E-state index contributed by atoms with van der Waals surface area (Å²) in [6.07, 6.45) is 0. The van der Waals surface area contributed by atoms with E-state index in [0.717, 1.165) is 18.2 Å². The highest BCUT2D eigenvalue weighted by atomic mass is 16.6. The number of hydrogen-bond acceptors (Lipinski definition) is 7. The van der Waals surface area contributed by atoms with Crippen molar-refractivity contribution in [2.24, 2.45) is 0 Å². The molecule has 1 heterocycles. The molecule has 1 aromatic carbocycles. The summed E-state index contributed by atoms with van der Waals surface area (Å²) in [7, 11) is 1.33. The number of methoxy groups -OCH3 is 1. The second-order valence-electron chi connectivity index (χ2n) is 3.99. The summed E-state index contributed by atoms with van der Waals surface area (Å²) >= 11 is 0. The highest BCUT2D eigenvalue weighted by Gasteiger charge is 2.19. The molecular weight excluding hydrogens is 298 g/mol. The smallest absolute Gasteiger partial charge is 0.433 e. The molecule has 1 aromatic heterocycles. The number of ether oxygens (including phenoxy) is 1. The molecule has 114 valence electrons. The molecule has 1 amide bonds. The molecule has 2 aromatic rings. The number of hydrogen-bond donors (Lipinski definition) is 1. The minimum absolute atomic E-state index is 0.0424. The van der Waals surface area contributed by atoms with Crippen molar-refractivity contribution in [2.45, 2.75) is 0 Å². The van der Waals surface area contributed by atoms with Gasteiger partial charge in [-0.1, -0.05) is 0 Å². The summed E-state index contributed by atoms with van der Waals surface area (Å²) in [4.78, 5) is 31.8. The summed E-state index contributed by atoms with van der Waals surface area (Å²) in [5, 5.41) is 23.6. The monoisotopic (exact) mass is 307 g/mol. The SMILES string of the molecule is COc1ccc([N+](=O)[O-])cc1NC(=O)c1ccc([N+](=O)[O-])o1. The first-order chi connectivity index (χ1) is 10.4. The molecular formula is C12H9N3O7. The van der Waals surface area contributed by atoms with Gasteiger partial charge in [-0.15, -0.1) is 0 Å². The molecule has 10 nitrogen and oxygen atoms in total. The van der Waals surface area contributed by atoms with Gasteiger partial charge in [0, 0.05) is 12.1 Å². The Kier molecular flexibility index (Phi) is 4.02. The molecule has 10 heteroatoms. The Hall–Kier alpha value is -3.43. The maximum atomic E-state index is 11.9. The predicted octanol–water partition coefficient (Wildman–Crippen LogP) is 2.36. The number of benzene rings is 1. The summed E-state index contributed by atoms with van der Waals surface area (Å²) in [6, 6.07) is 5.79. The number of nitro groups is 2. The highest BCUT2D eigenvalue weighted by Crippen LogP contribution is 2.29. The molecule has 0 spiro atoms. The molecule has 1 N–H and O–H groups in total. The van der Waals surface area contributed by atoms with E-state index in [9.17, 15) is 25.0 Å². The molecule has 0 bridgehead atoms. The fourth-order valence-corrected chi connectivity index (χ4v) is 1.64. The maximum Gasteiger partial charge on any atom is 0.433 e. The van der Waals surface area contributed by atoms with Crippen molar-refractivity contribution in [3.05, 3.63) is 56.3 Å². The van der Waals surface area contributed by atoms with Crippen LogP contribution in [0.5, 0.6) is 5.75 Å². The zero-order valence-electron chi connectivity index (χ0n) is 11.1. The lowest BCUT2D eigenvalue weighted by molar-refractivity contribution is -0.402. The van der Waals surface area contributed by atoms with E-state index < -0.39 is 21.6 Å². The van der Waals surface area contributed by atoms with Crippen molar-refractivity contribution in [3.8, 4) is 5.75 Å². The third kappa shape index (κ3) is 3.00. The van der Waals surface area contributed by atoms with E-state index in [2.05, 4.69) is 5.32 Å². The molecule has 0 saturated carbocycles. The predicted molar refractivity (Wildman–Crippen MR) is 73.0 cm³/mol. The van der Waals surface area contributed by atoms with Crippen LogP contribution < -0.4 is 10.1 Å². The minimum Gasteiger partial charge on any atom is -0.495 e. The van der Waals surface area contributed by atoms with Gasteiger partial charge in [-0.2, -0.15) is 0 Å². The number of anilines is 1. The number of amides is 1. The molecule has 0 radical (unpaired) electrons. The van der Waals surface area contributed by atoms with E-state index in [0.29, 0.717) is 0 Å². The largest absolute Gasteiger partial charge is 0.495 e. The summed E-state index contributed by atoms with van der Waals surface area (Å²) in [5.41, 5.74) is -0.206. The third-order valence-electron chi connectivity index (χ3n) is 2.64. The first-order valence-electron chi connectivity index (χ1n) is 5.80. The van der Waals surface area contributed by atoms with Gasteiger partial charge in [0.1, 0.15) is 10.7 Å². The summed E-state index contributed by atoms with van der Waals surface area (Å²) in [5.74, 6) is -1.50. The van der Waals surface area contributed by atoms with Gasteiger partial charge in [0.15, 0.2) is 5.76 Å². The average Bonchev–Trinajstić information content (AvgIpc) is 2.97. The van der Waals surface area contributed by atoms with Crippen LogP contribution in [-0.4, -0.2) is 22.9 Å². The maximum absolute atomic E-state index is 11.9. The zero-order chi connectivity index (χ0) is 16.3. The molecule has 0 aliphatic carbocycles. The Morgan fingerprint density at radius 3 is 2.45 bits per heavy atom. The second-order valence-corrected chi connectivity index (χ2v) is 3.99. The lowest BCUT2D eigenvalue weighted by Crippen LogP contribution is -2.12. The summed E-state index contributed by atoms with van der Waals surface area (Å²) in [6.45, 7) is 0. The van der Waals surface area contributed by atoms with Crippen LogP contribution >= 0.6 is 0 Å². The standard InChI is InChI=1S/C12H9N3O7/c1-21-9-3-2-7(14(17)18)6-8(9)13-12(16)10-4-5-11(22-10)15(19)20/h2-6H,1H3,(H,13,16). The van der Waals surface area contributed by atoms with Crippen LogP contribution in [0.15, 0.2) is 34.7 Å². The van der Waals surface area contributed by atoms with Crippen LogP contribution in [0.1, 0.15) is 10.6 Å². The van der Waals surface area contributed by atoms with Gasteiger partial charge >= 0.3 is 5.88 Å². The quantitative estimate of drug-likeness (QED) is 0.660. The van der Waals surface area contributed by atoms with Crippen LogP contribution in [0.4, 0.5) is 17.3 Å². The Balaban J connectivity index is 2.28. The van der Waals surface area contributed by atoms with Crippen LogP contribution in [0.2, 0.25) is 0 Å². The minimum atomic E-state index is -0.799. The van der Waals surface area contributed by atoms with Crippen LogP contribution in [0.25, 0.3) is 0 Å². The topological polar surface area (TPSA) is 138 Å². The number of non-ortho nitro benzene ring substituents is 1. The normalized spacial score (nSPS) is 10.0. The van der Waals surface area contributed by atoms with E-state index in [-0.39, 0.29) is 22.9 Å². The van der Waals surface area contributed by atoms with Gasteiger partial charge in [0.05, 0.1) is 23.8 Å². The van der Waals surface area contributed by atoms with Crippen molar-refractivity contribution >= 4 is 23.2 Å². The second kappa shape index (κ2) is 5.91. The summed E-state index contributed by atoms with van der Waals surface area (Å²) < 4.78 is 9.73. The fraction of sp³-hybridized carbons (Fsp3) is 0.0833. The fourth-order valence-electron chi connectivity index (χ4n) is 1.64. The zero-order valence-corrected chi connectivity index (χ0v) is 11.1. The molecule has 0 atom stereocenters. The first-order valence-corrected chi connectivity index (χ1v) is 5.80. The number of nitrogens with one attached hydrogen (secondary N) is 1. The van der Waals surface area contributed by atoms with Crippen LogP contribution in [0, 0.1) is 20.2 Å². The Bertz CT molecular complexity index is 753. The number of rotatable bonds is 5. The Labute approximate surface area is 122 Å². The number of carbonyl (C=O) groups excluding carboxylic acids is 1.